The second-order valence-electron chi connectivity index (χ2n) is 4.87. The lowest BCUT2D eigenvalue weighted by atomic mass is 9.99. The van der Waals surface area contributed by atoms with Gasteiger partial charge in [0.25, 0.3) is 0 Å². The standard InChI is InChI=1S/C17H15NO/c1-12-6-7-15(13(2)9-12)16-10-14-5-3-4-8-18(14)17(16)11-19/h3-11H,1-2H3. The summed E-state index contributed by atoms with van der Waals surface area (Å²) in [6, 6.07) is 14.3. The Morgan fingerprint density at radius 2 is 1.84 bits per heavy atom. The summed E-state index contributed by atoms with van der Waals surface area (Å²) in [5.41, 5.74) is 6.30. The van der Waals surface area contributed by atoms with E-state index in [2.05, 4.69) is 38.1 Å². The Kier molecular flexibility index (Phi) is 2.71. The molecule has 2 nitrogen and oxygen atoms in total. The van der Waals surface area contributed by atoms with Gasteiger partial charge in [-0.2, -0.15) is 0 Å². The zero-order valence-corrected chi connectivity index (χ0v) is 11.1. The predicted molar refractivity (Wildman–Crippen MR) is 77.7 cm³/mol. The molecule has 0 aliphatic carbocycles. The first-order valence-electron chi connectivity index (χ1n) is 6.33. The van der Waals surface area contributed by atoms with Crippen LogP contribution in [0.2, 0.25) is 0 Å². The van der Waals surface area contributed by atoms with Crippen LogP contribution in [0.25, 0.3) is 16.6 Å². The third kappa shape index (κ3) is 1.85. The highest BCUT2D eigenvalue weighted by Crippen LogP contribution is 2.29. The molecule has 3 rings (SSSR count). The average molecular weight is 249 g/mol. The van der Waals surface area contributed by atoms with Crippen LogP contribution in [0.4, 0.5) is 0 Å². The molecular weight excluding hydrogens is 234 g/mol. The van der Waals surface area contributed by atoms with E-state index in [0.29, 0.717) is 5.69 Å². The first-order chi connectivity index (χ1) is 9.20. The quantitative estimate of drug-likeness (QED) is 0.628. The summed E-state index contributed by atoms with van der Waals surface area (Å²) < 4.78 is 1.93. The largest absolute Gasteiger partial charge is 0.314 e. The van der Waals surface area contributed by atoms with Crippen LogP contribution in [-0.4, -0.2) is 10.7 Å². The van der Waals surface area contributed by atoms with Gasteiger partial charge in [-0.3, -0.25) is 4.79 Å². The van der Waals surface area contributed by atoms with Gasteiger partial charge < -0.3 is 4.40 Å². The Labute approximate surface area is 112 Å². The van der Waals surface area contributed by atoms with E-state index >= 15 is 0 Å². The Balaban J connectivity index is 2.33. The van der Waals surface area contributed by atoms with E-state index in [1.807, 2.05) is 28.8 Å². The molecule has 94 valence electrons. The van der Waals surface area contributed by atoms with E-state index in [1.165, 1.54) is 11.1 Å². The van der Waals surface area contributed by atoms with Gasteiger partial charge in [0.2, 0.25) is 0 Å². The molecule has 0 atom stereocenters. The van der Waals surface area contributed by atoms with Crippen molar-refractivity contribution in [2.24, 2.45) is 0 Å². The SMILES string of the molecule is Cc1ccc(-c2cc3ccccn3c2C=O)c(C)c1. The number of aromatic nitrogens is 1. The second-order valence-corrected chi connectivity index (χ2v) is 4.87. The maximum atomic E-state index is 11.4. The fourth-order valence-electron chi connectivity index (χ4n) is 2.60. The Bertz CT molecular complexity index is 768. The summed E-state index contributed by atoms with van der Waals surface area (Å²) in [6.07, 6.45) is 2.85. The molecule has 0 radical (unpaired) electrons. The topological polar surface area (TPSA) is 21.5 Å². The second kappa shape index (κ2) is 4.39. The molecule has 0 fully saturated rings. The van der Waals surface area contributed by atoms with E-state index in [-0.39, 0.29) is 0 Å². The molecule has 0 spiro atoms. The molecular formula is C17H15NO. The lowest BCUT2D eigenvalue weighted by Gasteiger charge is -2.06. The van der Waals surface area contributed by atoms with E-state index in [1.54, 1.807) is 0 Å². The minimum atomic E-state index is 0.711. The molecule has 0 aliphatic heterocycles. The first kappa shape index (κ1) is 11.7. The number of benzene rings is 1. The van der Waals surface area contributed by atoms with Crippen molar-refractivity contribution in [1.29, 1.82) is 0 Å². The number of rotatable bonds is 2. The third-order valence-electron chi connectivity index (χ3n) is 3.50. The zero-order chi connectivity index (χ0) is 13.4. The number of nitrogens with zero attached hydrogens (tertiary/aromatic N) is 1. The van der Waals surface area contributed by atoms with Crippen molar-refractivity contribution in [1.82, 2.24) is 4.40 Å². The number of aryl methyl sites for hydroxylation is 2. The number of carbonyl (C=O) groups is 1. The van der Waals surface area contributed by atoms with Gasteiger partial charge >= 0.3 is 0 Å². The van der Waals surface area contributed by atoms with Crippen LogP contribution in [0.3, 0.4) is 0 Å². The highest BCUT2D eigenvalue weighted by atomic mass is 16.1. The average Bonchev–Trinajstić information content (AvgIpc) is 2.76. The Hall–Kier alpha value is -2.35. The Morgan fingerprint density at radius 1 is 1.00 bits per heavy atom. The Morgan fingerprint density at radius 3 is 2.58 bits per heavy atom. The van der Waals surface area contributed by atoms with Crippen molar-refractivity contribution in [2.45, 2.75) is 13.8 Å². The minimum absolute atomic E-state index is 0.711. The summed E-state index contributed by atoms with van der Waals surface area (Å²) in [5, 5.41) is 0. The van der Waals surface area contributed by atoms with Crippen molar-refractivity contribution in [2.75, 3.05) is 0 Å². The van der Waals surface area contributed by atoms with Crippen molar-refractivity contribution >= 4 is 11.8 Å². The summed E-state index contributed by atoms with van der Waals surface area (Å²) in [4.78, 5) is 11.4. The molecule has 1 aromatic carbocycles. The predicted octanol–water partition coefficient (Wildman–Crippen LogP) is 4.04. The van der Waals surface area contributed by atoms with Gasteiger partial charge in [0.05, 0.1) is 5.69 Å². The van der Waals surface area contributed by atoms with Gasteiger partial charge in [-0.15, -0.1) is 0 Å². The number of carbonyl (C=O) groups excluding carboxylic acids is 1. The first-order valence-corrected chi connectivity index (χ1v) is 6.33. The summed E-state index contributed by atoms with van der Waals surface area (Å²) in [5.74, 6) is 0. The lowest BCUT2D eigenvalue weighted by Crippen LogP contribution is -1.92. The maximum Gasteiger partial charge on any atom is 0.167 e. The van der Waals surface area contributed by atoms with Gasteiger partial charge in [-0.1, -0.05) is 29.8 Å². The van der Waals surface area contributed by atoms with Crippen LogP contribution in [0.15, 0.2) is 48.7 Å². The summed E-state index contributed by atoms with van der Waals surface area (Å²) in [7, 11) is 0. The number of fused-ring (bicyclic) bond motifs is 1. The van der Waals surface area contributed by atoms with Crippen molar-refractivity contribution < 1.29 is 4.79 Å². The molecule has 0 N–H and O–H groups in total. The molecule has 0 saturated heterocycles. The van der Waals surface area contributed by atoms with Gasteiger partial charge in [0.1, 0.15) is 0 Å². The highest BCUT2D eigenvalue weighted by molar-refractivity contribution is 5.90. The molecule has 0 amide bonds. The molecule has 0 bridgehead atoms. The van der Waals surface area contributed by atoms with Gasteiger partial charge in [0, 0.05) is 17.3 Å². The number of pyridine rings is 1. The molecule has 3 aromatic rings. The molecule has 0 aliphatic rings. The van der Waals surface area contributed by atoms with Gasteiger partial charge in [-0.05, 0) is 43.2 Å². The highest BCUT2D eigenvalue weighted by Gasteiger charge is 2.12. The summed E-state index contributed by atoms with van der Waals surface area (Å²) >= 11 is 0. The number of hydrogen-bond donors (Lipinski definition) is 0. The molecule has 0 saturated carbocycles. The van der Waals surface area contributed by atoms with Gasteiger partial charge in [0.15, 0.2) is 6.29 Å². The van der Waals surface area contributed by atoms with Gasteiger partial charge in [-0.25, -0.2) is 0 Å². The zero-order valence-electron chi connectivity index (χ0n) is 11.1. The monoisotopic (exact) mass is 249 g/mol. The lowest BCUT2D eigenvalue weighted by molar-refractivity contribution is 0.111. The van der Waals surface area contributed by atoms with Crippen molar-refractivity contribution in [3.63, 3.8) is 0 Å². The minimum Gasteiger partial charge on any atom is -0.314 e. The molecule has 2 heterocycles. The normalized spacial score (nSPS) is 10.8. The van der Waals surface area contributed by atoms with E-state index in [0.717, 1.165) is 22.9 Å². The van der Waals surface area contributed by atoms with Crippen LogP contribution < -0.4 is 0 Å². The van der Waals surface area contributed by atoms with Crippen LogP contribution in [0, 0.1) is 13.8 Å². The number of aldehydes is 1. The smallest absolute Gasteiger partial charge is 0.167 e. The van der Waals surface area contributed by atoms with E-state index < -0.39 is 0 Å². The van der Waals surface area contributed by atoms with Crippen LogP contribution >= 0.6 is 0 Å². The molecule has 0 unspecified atom stereocenters. The van der Waals surface area contributed by atoms with Crippen LogP contribution in [0.5, 0.6) is 0 Å². The van der Waals surface area contributed by atoms with E-state index in [4.69, 9.17) is 0 Å². The number of hydrogen-bond acceptors (Lipinski definition) is 1. The van der Waals surface area contributed by atoms with E-state index in [9.17, 15) is 4.79 Å². The van der Waals surface area contributed by atoms with Crippen LogP contribution in [0.1, 0.15) is 21.6 Å². The maximum absolute atomic E-state index is 11.4. The molecule has 2 heteroatoms. The summed E-state index contributed by atoms with van der Waals surface area (Å²) in [6.45, 7) is 4.16. The fraction of sp³-hybridized carbons (Fsp3) is 0.118. The molecule has 19 heavy (non-hydrogen) atoms. The van der Waals surface area contributed by atoms with Crippen molar-refractivity contribution in [3.05, 3.63) is 65.5 Å². The van der Waals surface area contributed by atoms with Crippen LogP contribution in [-0.2, 0) is 0 Å². The third-order valence-corrected chi connectivity index (χ3v) is 3.50. The fourth-order valence-corrected chi connectivity index (χ4v) is 2.60. The van der Waals surface area contributed by atoms with Crippen molar-refractivity contribution in [3.8, 4) is 11.1 Å². The molecule has 2 aromatic heterocycles.